The van der Waals surface area contributed by atoms with Gasteiger partial charge in [0, 0.05) is 3.57 Å². The van der Waals surface area contributed by atoms with Crippen molar-refractivity contribution in [1.29, 1.82) is 0 Å². The number of ether oxygens (including phenoxy) is 1. The van der Waals surface area contributed by atoms with E-state index < -0.39 is 0 Å². The molecule has 16 heavy (non-hydrogen) atoms. The van der Waals surface area contributed by atoms with E-state index in [2.05, 4.69) is 41.6 Å². The molecule has 0 fully saturated rings. The van der Waals surface area contributed by atoms with Crippen molar-refractivity contribution in [3.8, 4) is 5.75 Å². The third kappa shape index (κ3) is 6.36. The van der Waals surface area contributed by atoms with E-state index in [1.165, 1.54) is 42.1 Å². The van der Waals surface area contributed by atoms with Crippen LogP contribution in [0.25, 0.3) is 0 Å². The Morgan fingerprint density at radius 3 is 2.56 bits per heavy atom. The largest absolute Gasteiger partial charge is 0.494 e. The minimum atomic E-state index is 0.853. The number of hydrogen-bond acceptors (Lipinski definition) is 1. The fourth-order valence-electron chi connectivity index (χ4n) is 1.63. The molecular weight excluding hydrogens is 311 g/mol. The summed E-state index contributed by atoms with van der Waals surface area (Å²) >= 11 is 2.31. The summed E-state index contributed by atoms with van der Waals surface area (Å²) in [4.78, 5) is 0. The summed E-state index contributed by atoms with van der Waals surface area (Å²) in [5.41, 5.74) is 0. The predicted molar refractivity (Wildman–Crippen MR) is 78.0 cm³/mol. The molecule has 90 valence electrons. The minimum Gasteiger partial charge on any atom is -0.494 e. The summed E-state index contributed by atoms with van der Waals surface area (Å²) in [7, 11) is 0. The minimum absolute atomic E-state index is 0.853. The lowest BCUT2D eigenvalue weighted by Gasteiger charge is -2.06. The van der Waals surface area contributed by atoms with Crippen molar-refractivity contribution < 1.29 is 4.74 Å². The zero-order valence-electron chi connectivity index (χ0n) is 10.0. The molecule has 1 aromatic carbocycles. The molecule has 0 atom stereocenters. The van der Waals surface area contributed by atoms with Crippen molar-refractivity contribution >= 4 is 22.6 Å². The van der Waals surface area contributed by atoms with Gasteiger partial charge >= 0.3 is 0 Å². The second kappa shape index (κ2) is 8.85. The maximum atomic E-state index is 5.69. The monoisotopic (exact) mass is 332 g/mol. The van der Waals surface area contributed by atoms with Gasteiger partial charge in [-0.25, -0.2) is 0 Å². The van der Waals surface area contributed by atoms with E-state index in [1.54, 1.807) is 0 Å². The number of benzene rings is 1. The predicted octanol–water partition coefficient (Wildman–Crippen LogP) is 5.03. The average molecular weight is 332 g/mol. The van der Waals surface area contributed by atoms with Gasteiger partial charge in [0.25, 0.3) is 0 Å². The van der Waals surface area contributed by atoms with E-state index >= 15 is 0 Å². The molecule has 0 heterocycles. The summed E-state index contributed by atoms with van der Waals surface area (Å²) in [6, 6.07) is 8.23. The SMILES string of the molecule is CCCCCCCCOc1cccc(I)c1. The lowest BCUT2D eigenvalue weighted by molar-refractivity contribution is 0.304. The fraction of sp³-hybridized carbons (Fsp3) is 0.571. The first-order chi connectivity index (χ1) is 7.83. The standard InChI is InChI=1S/C14H21IO/c1-2-3-4-5-6-7-11-16-14-10-8-9-13(15)12-14/h8-10,12H,2-7,11H2,1H3. The highest BCUT2D eigenvalue weighted by Gasteiger charge is 1.94. The van der Waals surface area contributed by atoms with Gasteiger partial charge in [0.2, 0.25) is 0 Å². The Bertz CT molecular complexity index is 286. The van der Waals surface area contributed by atoms with E-state index in [0.717, 1.165) is 12.4 Å². The van der Waals surface area contributed by atoms with Crippen LogP contribution in [0, 0.1) is 3.57 Å². The van der Waals surface area contributed by atoms with Crippen molar-refractivity contribution in [3.05, 3.63) is 27.8 Å². The van der Waals surface area contributed by atoms with E-state index in [9.17, 15) is 0 Å². The van der Waals surface area contributed by atoms with Crippen molar-refractivity contribution in [3.63, 3.8) is 0 Å². The first-order valence-electron chi connectivity index (χ1n) is 6.21. The molecule has 0 N–H and O–H groups in total. The van der Waals surface area contributed by atoms with Crippen molar-refractivity contribution in [2.24, 2.45) is 0 Å². The molecule has 0 saturated heterocycles. The summed E-state index contributed by atoms with van der Waals surface area (Å²) in [6.45, 7) is 3.10. The molecule has 1 aromatic rings. The van der Waals surface area contributed by atoms with Gasteiger partial charge in [0.05, 0.1) is 6.61 Å². The molecule has 1 rings (SSSR count). The Hall–Kier alpha value is -0.250. The number of rotatable bonds is 8. The summed E-state index contributed by atoms with van der Waals surface area (Å²) in [5, 5.41) is 0. The third-order valence-electron chi connectivity index (χ3n) is 2.56. The van der Waals surface area contributed by atoms with Gasteiger partial charge in [-0.3, -0.25) is 0 Å². The zero-order valence-corrected chi connectivity index (χ0v) is 12.2. The van der Waals surface area contributed by atoms with Gasteiger partial charge in [-0.05, 0) is 47.2 Å². The number of halogens is 1. The highest BCUT2D eigenvalue weighted by atomic mass is 127. The summed E-state index contributed by atoms with van der Waals surface area (Å²) in [6.07, 6.45) is 7.89. The molecule has 0 saturated carbocycles. The molecule has 0 bridgehead atoms. The Balaban J connectivity index is 2.03. The third-order valence-corrected chi connectivity index (χ3v) is 3.23. The molecule has 0 aliphatic heterocycles. The highest BCUT2D eigenvalue weighted by Crippen LogP contribution is 2.15. The topological polar surface area (TPSA) is 9.23 Å². The van der Waals surface area contributed by atoms with Crippen LogP contribution in [0.3, 0.4) is 0 Å². The maximum Gasteiger partial charge on any atom is 0.120 e. The Kier molecular flexibility index (Phi) is 7.64. The molecular formula is C14H21IO. The van der Waals surface area contributed by atoms with Crippen LogP contribution in [0.1, 0.15) is 45.4 Å². The lowest BCUT2D eigenvalue weighted by atomic mass is 10.1. The number of unbranched alkanes of at least 4 members (excludes halogenated alkanes) is 5. The Morgan fingerprint density at radius 1 is 1.06 bits per heavy atom. The first kappa shape index (κ1) is 13.8. The van der Waals surface area contributed by atoms with E-state index in [1.807, 2.05) is 12.1 Å². The van der Waals surface area contributed by atoms with Gasteiger partial charge in [-0.1, -0.05) is 45.1 Å². The zero-order chi connectivity index (χ0) is 11.6. The van der Waals surface area contributed by atoms with Gasteiger partial charge in [-0.15, -0.1) is 0 Å². The van der Waals surface area contributed by atoms with Crippen LogP contribution in [0.5, 0.6) is 5.75 Å². The molecule has 0 amide bonds. The smallest absolute Gasteiger partial charge is 0.120 e. The van der Waals surface area contributed by atoms with Crippen molar-refractivity contribution in [1.82, 2.24) is 0 Å². The molecule has 0 aliphatic carbocycles. The highest BCUT2D eigenvalue weighted by molar-refractivity contribution is 14.1. The Labute approximate surface area is 113 Å². The first-order valence-corrected chi connectivity index (χ1v) is 7.29. The van der Waals surface area contributed by atoms with Crippen molar-refractivity contribution in [2.45, 2.75) is 45.4 Å². The van der Waals surface area contributed by atoms with E-state index in [-0.39, 0.29) is 0 Å². The summed E-state index contributed by atoms with van der Waals surface area (Å²) in [5.74, 6) is 1.00. The normalized spacial score (nSPS) is 10.4. The second-order valence-corrected chi connectivity index (χ2v) is 5.32. The summed E-state index contributed by atoms with van der Waals surface area (Å²) < 4.78 is 6.92. The Morgan fingerprint density at radius 2 is 1.81 bits per heavy atom. The molecule has 0 unspecified atom stereocenters. The van der Waals surface area contributed by atoms with E-state index in [0.29, 0.717) is 0 Å². The van der Waals surface area contributed by atoms with Crippen LogP contribution in [-0.2, 0) is 0 Å². The van der Waals surface area contributed by atoms with Crippen LogP contribution in [-0.4, -0.2) is 6.61 Å². The van der Waals surface area contributed by atoms with E-state index in [4.69, 9.17) is 4.74 Å². The van der Waals surface area contributed by atoms with Gasteiger partial charge in [0.1, 0.15) is 5.75 Å². The van der Waals surface area contributed by atoms with Gasteiger partial charge in [-0.2, -0.15) is 0 Å². The fourth-order valence-corrected chi connectivity index (χ4v) is 2.14. The molecule has 0 aliphatic rings. The quantitative estimate of drug-likeness (QED) is 0.479. The van der Waals surface area contributed by atoms with Gasteiger partial charge in [0.15, 0.2) is 0 Å². The van der Waals surface area contributed by atoms with Crippen LogP contribution in [0.15, 0.2) is 24.3 Å². The van der Waals surface area contributed by atoms with Crippen LogP contribution >= 0.6 is 22.6 Å². The molecule has 0 radical (unpaired) electrons. The molecule has 0 aromatic heterocycles. The van der Waals surface area contributed by atoms with Crippen LogP contribution in [0.2, 0.25) is 0 Å². The van der Waals surface area contributed by atoms with Crippen LogP contribution in [0.4, 0.5) is 0 Å². The second-order valence-electron chi connectivity index (χ2n) is 4.07. The van der Waals surface area contributed by atoms with Crippen molar-refractivity contribution in [2.75, 3.05) is 6.61 Å². The molecule has 0 spiro atoms. The van der Waals surface area contributed by atoms with Crippen LogP contribution < -0.4 is 4.74 Å². The maximum absolute atomic E-state index is 5.69. The lowest BCUT2D eigenvalue weighted by Crippen LogP contribution is -1.97. The average Bonchev–Trinajstić information content (AvgIpc) is 2.28. The van der Waals surface area contributed by atoms with Gasteiger partial charge < -0.3 is 4.74 Å². The molecule has 1 nitrogen and oxygen atoms in total. The number of hydrogen-bond donors (Lipinski definition) is 0. The molecule has 2 heteroatoms.